The van der Waals surface area contributed by atoms with Crippen molar-refractivity contribution in [2.24, 2.45) is 0 Å². The first-order valence-electron chi connectivity index (χ1n) is 7.44. The van der Waals surface area contributed by atoms with Gasteiger partial charge in [0.15, 0.2) is 0 Å². The molecular weight excluding hydrogens is 256 g/mol. The summed E-state index contributed by atoms with van der Waals surface area (Å²) in [6.45, 7) is 5.03. The van der Waals surface area contributed by atoms with E-state index in [0.29, 0.717) is 0 Å². The number of anilines is 1. The highest BCUT2D eigenvalue weighted by atomic mass is 14.9. The molecule has 1 heterocycles. The van der Waals surface area contributed by atoms with E-state index in [1.807, 2.05) is 6.92 Å². The number of fused-ring (bicyclic) bond motifs is 1. The Labute approximate surface area is 125 Å². The van der Waals surface area contributed by atoms with Gasteiger partial charge in [0.1, 0.15) is 0 Å². The lowest BCUT2D eigenvalue weighted by molar-refractivity contribution is 1.12. The fraction of sp³-hybridized carbons (Fsp3) is 0.211. The van der Waals surface area contributed by atoms with Crippen molar-refractivity contribution in [3.8, 4) is 0 Å². The summed E-state index contributed by atoms with van der Waals surface area (Å²) in [5.41, 5.74) is 5.93. The molecule has 0 aliphatic heterocycles. The van der Waals surface area contributed by atoms with Crippen molar-refractivity contribution in [1.29, 1.82) is 0 Å². The van der Waals surface area contributed by atoms with Crippen LogP contribution in [0.4, 0.5) is 5.69 Å². The maximum Gasteiger partial charge on any atom is 0.0705 e. The molecule has 0 spiro atoms. The van der Waals surface area contributed by atoms with Crippen molar-refractivity contribution in [3.63, 3.8) is 0 Å². The van der Waals surface area contributed by atoms with E-state index < -0.39 is 0 Å². The van der Waals surface area contributed by atoms with Gasteiger partial charge in [-0.05, 0) is 54.8 Å². The molecule has 0 unspecified atom stereocenters. The molecule has 0 fully saturated rings. The average molecular weight is 276 g/mol. The Kier molecular flexibility index (Phi) is 3.87. The summed E-state index contributed by atoms with van der Waals surface area (Å²) in [6.07, 6.45) is 1.07. The van der Waals surface area contributed by atoms with Crippen LogP contribution in [-0.2, 0) is 13.0 Å². The summed E-state index contributed by atoms with van der Waals surface area (Å²) < 4.78 is 0. The summed E-state index contributed by atoms with van der Waals surface area (Å²) >= 11 is 0. The van der Waals surface area contributed by atoms with Crippen molar-refractivity contribution >= 4 is 16.6 Å². The number of pyridine rings is 1. The van der Waals surface area contributed by atoms with Crippen LogP contribution in [0.1, 0.15) is 23.7 Å². The Morgan fingerprint density at radius 1 is 0.952 bits per heavy atom. The highest BCUT2D eigenvalue weighted by Gasteiger charge is 1.99. The zero-order chi connectivity index (χ0) is 14.7. The highest BCUT2D eigenvalue weighted by Crippen LogP contribution is 2.17. The monoisotopic (exact) mass is 276 g/mol. The molecular formula is C19H20N2. The molecule has 3 rings (SSSR count). The van der Waals surface area contributed by atoms with Crippen LogP contribution >= 0.6 is 0 Å². The zero-order valence-corrected chi connectivity index (χ0v) is 12.6. The third-order valence-electron chi connectivity index (χ3n) is 3.72. The van der Waals surface area contributed by atoms with Gasteiger partial charge in [0, 0.05) is 23.3 Å². The van der Waals surface area contributed by atoms with Crippen molar-refractivity contribution < 1.29 is 0 Å². The molecule has 0 bridgehead atoms. The zero-order valence-electron chi connectivity index (χ0n) is 12.6. The molecule has 0 amide bonds. The van der Waals surface area contributed by atoms with Gasteiger partial charge in [0.25, 0.3) is 0 Å². The third-order valence-corrected chi connectivity index (χ3v) is 3.72. The molecule has 0 saturated heterocycles. The summed E-state index contributed by atoms with van der Waals surface area (Å²) in [4.78, 5) is 4.54. The lowest BCUT2D eigenvalue weighted by atomic mass is 10.1. The number of hydrogen-bond acceptors (Lipinski definition) is 2. The molecule has 0 atom stereocenters. The summed E-state index contributed by atoms with van der Waals surface area (Å²) in [7, 11) is 0. The van der Waals surface area contributed by atoms with E-state index in [1.54, 1.807) is 0 Å². The van der Waals surface area contributed by atoms with Crippen molar-refractivity contribution in [2.45, 2.75) is 26.8 Å². The maximum atomic E-state index is 4.54. The fourth-order valence-corrected chi connectivity index (χ4v) is 2.49. The second-order valence-electron chi connectivity index (χ2n) is 5.39. The second-order valence-corrected chi connectivity index (χ2v) is 5.39. The Hall–Kier alpha value is -2.35. The van der Waals surface area contributed by atoms with Crippen LogP contribution in [0.15, 0.2) is 54.6 Å². The molecule has 21 heavy (non-hydrogen) atoms. The number of hydrogen-bond donors (Lipinski definition) is 1. The van der Waals surface area contributed by atoms with Crippen molar-refractivity contribution in [3.05, 3.63) is 71.4 Å². The van der Waals surface area contributed by atoms with Gasteiger partial charge in [-0.2, -0.15) is 0 Å². The molecule has 106 valence electrons. The van der Waals surface area contributed by atoms with Crippen molar-refractivity contribution in [1.82, 2.24) is 4.98 Å². The lowest BCUT2D eigenvalue weighted by Crippen LogP contribution is -2.00. The average Bonchev–Trinajstić information content (AvgIpc) is 2.53. The van der Waals surface area contributed by atoms with Crippen LogP contribution in [-0.4, -0.2) is 4.98 Å². The molecule has 0 aliphatic rings. The Morgan fingerprint density at radius 2 is 1.86 bits per heavy atom. The van der Waals surface area contributed by atoms with Crippen LogP contribution in [0.3, 0.4) is 0 Å². The van der Waals surface area contributed by atoms with E-state index in [4.69, 9.17) is 0 Å². The van der Waals surface area contributed by atoms with Gasteiger partial charge in [-0.1, -0.05) is 31.2 Å². The molecule has 2 aromatic carbocycles. The largest absolute Gasteiger partial charge is 0.381 e. The first-order chi connectivity index (χ1) is 10.2. The first-order valence-corrected chi connectivity index (χ1v) is 7.44. The molecule has 0 saturated carbocycles. The predicted molar refractivity (Wildman–Crippen MR) is 89.6 cm³/mol. The number of nitrogens with zero attached hydrogens (tertiary/aromatic N) is 1. The normalized spacial score (nSPS) is 10.8. The van der Waals surface area contributed by atoms with Gasteiger partial charge in [0.05, 0.1) is 5.52 Å². The van der Waals surface area contributed by atoms with Crippen LogP contribution in [0.25, 0.3) is 10.9 Å². The topological polar surface area (TPSA) is 24.9 Å². The summed E-state index contributed by atoms with van der Waals surface area (Å²) in [5.74, 6) is 0. The van der Waals surface area contributed by atoms with Gasteiger partial charge in [0.2, 0.25) is 0 Å². The number of aryl methyl sites for hydroxylation is 2. The number of nitrogens with one attached hydrogen (secondary N) is 1. The van der Waals surface area contributed by atoms with Crippen molar-refractivity contribution in [2.75, 3.05) is 5.32 Å². The standard InChI is InChI=1S/C19H20N2/c1-3-15-5-4-6-18(12-15)20-13-16-8-10-19-17(11-16)9-7-14(2)21-19/h4-12,20H,3,13H2,1-2H3. The Bertz CT molecular complexity index is 762. The number of aromatic nitrogens is 1. The molecule has 1 aromatic heterocycles. The number of rotatable bonds is 4. The van der Waals surface area contributed by atoms with E-state index in [-0.39, 0.29) is 0 Å². The van der Waals surface area contributed by atoms with E-state index >= 15 is 0 Å². The smallest absolute Gasteiger partial charge is 0.0705 e. The van der Waals surface area contributed by atoms with E-state index in [0.717, 1.165) is 24.2 Å². The minimum Gasteiger partial charge on any atom is -0.381 e. The SMILES string of the molecule is CCc1cccc(NCc2ccc3nc(C)ccc3c2)c1. The minimum atomic E-state index is 0.830. The molecule has 2 heteroatoms. The van der Waals surface area contributed by atoms with Gasteiger partial charge in [-0.3, -0.25) is 4.98 Å². The molecule has 0 aliphatic carbocycles. The third kappa shape index (κ3) is 3.22. The Morgan fingerprint density at radius 3 is 2.71 bits per heavy atom. The fourth-order valence-electron chi connectivity index (χ4n) is 2.49. The maximum absolute atomic E-state index is 4.54. The quantitative estimate of drug-likeness (QED) is 0.746. The highest BCUT2D eigenvalue weighted by molar-refractivity contribution is 5.79. The second kappa shape index (κ2) is 5.96. The van der Waals surface area contributed by atoms with Gasteiger partial charge in [-0.15, -0.1) is 0 Å². The molecule has 0 radical (unpaired) electrons. The molecule has 2 nitrogen and oxygen atoms in total. The van der Waals surface area contributed by atoms with E-state index in [1.165, 1.54) is 22.2 Å². The van der Waals surface area contributed by atoms with Crippen LogP contribution in [0, 0.1) is 6.92 Å². The lowest BCUT2D eigenvalue weighted by Gasteiger charge is -2.09. The Balaban J connectivity index is 1.77. The summed E-state index contributed by atoms with van der Waals surface area (Å²) in [6, 6.07) is 19.2. The van der Waals surface area contributed by atoms with Crippen LogP contribution < -0.4 is 5.32 Å². The predicted octanol–water partition coefficient (Wildman–Crippen LogP) is 4.72. The van der Waals surface area contributed by atoms with E-state index in [2.05, 4.69) is 71.8 Å². The van der Waals surface area contributed by atoms with Gasteiger partial charge in [-0.25, -0.2) is 0 Å². The minimum absolute atomic E-state index is 0.830. The van der Waals surface area contributed by atoms with Crippen LogP contribution in [0.5, 0.6) is 0 Å². The molecule has 3 aromatic rings. The summed E-state index contributed by atoms with van der Waals surface area (Å²) in [5, 5.41) is 4.69. The van der Waals surface area contributed by atoms with E-state index in [9.17, 15) is 0 Å². The van der Waals surface area contributed by atoms with Gasteiger partial charge < -0.3 is 5.32 Å². The van der Waals surface area contributed by atoms with Crippen LogP contribution in [0.2, 0.25) is 0 Å². The van der Waals surface area contributed by atoms with Gasteiger partial charge >= 0.3 is 0 Å². The first kappa shape index (κ1) is 13.6. The number of benzene rings is 2. The molecule has 1 N–H and O–H groups in total.